The molecule has 0 fully saturated rings. The monoisotopic (exact) mass is 330 g/mol. The van der Waals surface area contributed by atoms with Crippen LogP contribution >= 0.6 is 12.2 Å². The van der Waals surface area contributed by atoms with Crippen molar-refractivity contribution in [2.75, 3.05) is 19.5 Å². The molecule has 0 spiro atoms. The van der Waals surface area contributed by atoms with Gasteiger partial charge in [0.2, 0.25) is 0 Å². The molecule has 0 bridgehead atoms. The van der Waals surface area contributed by atoms with Gasteiger partial charge in [0.25, 0.3) is 0 Å². The number of hydrogen-bond donors (Lipinski definition) is 2. The summed E-state index contributed by atoms with van der Waals surface area (Å²) in [4.78, 5) is 0. The van der Waals surface area contributed by atoms with Gasteiger partial charge in [-0.25, -0.2) is 0 Å². The maximum atomic E-state index is 5.41. The second-order valence-corrected chi connectivity index (χ2v) is 5.47. The van der Waals surface area contributed by atoms with Crippen molar-refractivity contribution in [3.63, 3.8) is 0 Å². The number of thiocarbonyl (C=S) groups is 1. The Kier molecular flexibility index (Phi) is 6.23. The number of ether oxygens (including phenoxy) is 2. The third-order valence-electron chi connectivity index (χ3n) is 3.58. The predicted molar refractivity (Wildman–Crippen MR) is 98.4 cm³/mol. The Morgan fingerprint density at radius 3 is 1.96 bits per heavy atom. The zero-order valence-electron chi connectivity index (χ0n) is 13.6. The Labute approximate surface area is 142 Å². The maximum Gasteiger partial charge on any atom is 0.171 e. The van der Waals surface area contributed by atoms with Gasteiger partial charge in [0.1, 0.15) is 11.5 Å². The van der Waals surface area contributed by atoms with Crippen LogP contribution in [0.25, 0.3) is 0 Å². The molecule has 1 atom stereocenters. The van der Waals surface area contributed by atoms with Crippen molar-refractivity contribution in [3.05, 3.63) is 54.1 Å². The van der Waals surface area contributed by atoms with E-state index in [0.717, 1.165) is 23.6 Å². The molecule has 2 aromatic carbocycles. The largest absolute Gasteiger partial charge is 0.497 e. The van der Waals surface area contributed by atoms with Crippen LogP contribution in [0.3, 0.4) is 0 Å². The molecule has 0 aromatic heterocycles. The summed E-state index contributed by atoms with van der Waals surface area (Å²) in [5.41, 5.74) is 2.10. The SMILES string of the molecule is CC[C@H](NC(=S)Nc1ccc(OC)cc1)c1ccc(OC)cc1. The molecule has 23 heavy (non-hydrogen) atoms. The molecule has 0 heterocycles. The molecule has 0 aliphatic rings. The van der Waals surface area contributed by atoms with E-state index in [1.54, 1.807) is 14.2 Å². The fourth-order valence-electron chi connectivity index (χ4n) is 2.26. The van der Waals surface area contributed by atoms with Gasteiger partial charge in [0.15, 0.2) is 5.11 Å². The first-order valence-corrected chi connectivity index (χ1v) is 7.92. The van der Waals surface area contributed by atoms with Gasteiger partial charge in [-0.05, 0) is 60.6 Å². The molecule has 0 radical (unpaired) electrons. The smallest absolute Gasteiger partial charge is 0.171 e. The minimum atomic E-state index is 0.152. The number of nitrogens with one attached hydrogen (secondary N) is 2. The Bertz CT molecular complexity index is 626. The Morgan fingerprint density at radius 1 is 0.957 bits per heavy atom. The lowest BCUT2D eigenvalue weighted by atomic mass is 10.0. The topological polar surface area (TPSA) is 42.5 Å². The van der Waals surface area contributed by atoms with Crippen molar-refractivity contribution in [2.45, 2.75) is 19.4 Å². The van der Waals surface area contributed by atoms with E-state index in [1.165, 1.54) is 5.56 Å². The minimum absolute atomic E-state index is 0.152. The average Bonchev–Trinajstić information content (AvgIpc) is 2.60. The second-order valence-electron chi connectivity index (χ2n) is 5.06. The van der Waals surface area contributed by atoms with Crippen LogP contribution in [0, 0.1) is 0 Å². The number of anilines is 1. The van der Waals surface area contributed by atoms with E-state index in [-0.39, 0.29) is 6.04 Å². The standard InChI is InChI=1S/C18H22N2O2S/c1-4-17(13-5-9-15(21-2)10-6-13)20-18(23)19-14-7-11-16(22-3)12-8-14/h5-12,17H,4H2,1-3H3,(H2,19,20,23)/t17-/m0/s1. The van der Waals surface area contributed by atoms with Crippen LogP contribution in [0.15, 0.2) is 48.5 Å². The van der Waals surface area contributed by atoms with Crippen LogP contribution in [0.4, 0.5) is 5.69 Å². The lowest BCUT2D eigenvalue weighted by molar-refractivity contribution is 0.414. The number of benzene rings is 2. The normalized spacial score (nSPS) is 11.4. The van der Waals surface area contributed by atoms with Crippen LogP contribution < -0.4 is 20.1 Å². The molecule has 0 unspecified atom stereocenters. The van der Waals surface area contributed by atoms with Crippen LogP contribution in [0.2, 0.25) is 0 Å². The summed E-state index contributed by atoms with van der Waals surface area (Å²) in [6.45, 7) is 2.12. The number of rotatable bonds is 6. The van der Waals surface area contributed by atoms with Gasteiger partial charge in [-0.2, -0.15) is 0 Å². The van der Waals surface area contributed by atoms with E-state index >= 15 is 0 Å². The molecular weight excluding hydrogens is 308 g/mol. The van der Waals surface area contributed by atoms with Gasteiger partial charge in [-0.1, -0.05) is 19.1 Å². The minimum Gasteiger partial charge on any atom is -0.497 e. The summed E-state index contributed by atoms with van der Waals surface area (Å²) < 4.78 is 10.3. The fourth-order valence-corrected chi connectivity index (χ4v) is 2.52. The summed E-state index contributed by atoms with van der Waals surface area (Å²) in [5.74, 6) is 1.67. The third kappa shape index (κ3) is 4.86. The van der Waals surface area contributed by atoms with Gasteiger partial charge in [-0.3, -0.25) is 0 Å². The first kappa shape index (κ1) is 17.1. The molecule has 0 aliphatic heterocycles. The van der Waals surface area contributed by atoms with Gasteiger partial charge < -0.3 is 20.1 Å². The second kappa shape index (κ2) is 8.39. The van der Waals surface area contributed by atoms with Crippen molar-refractivity contribution in [3.8, 4) is 11.5 Å². The average molecular weight is 330 g/mol. The Balaban J connectivity index is 1.97. The van der Waals surface area contributed by atoms with Gasteiger partial charge in [0, 0.05) is 5.69 Å². The van der Waals surface area contributed by atoms with Gasteiger partial charge in [0.05, 0.1) is 20.3 Å². The van der Waals surface area contributed by atoms with Gasteiger partial charge in [-0.15, -0.1) is 0 Å². The molecule has 2 N–H and O–H groups in total. The summed E-state index contributed by atoms with van der Waals surface area (Å²) in [6.07, 6.45) is 0.927. The van der Waals surface area contributed by atoms with Crippen LogP contribution in [-0.2, 0) is 0 Å². The van der Waals surface area contributed by atoms with E-state index in [1.807, 2.05) is 36.4 Å². The van der Waals surface area contributed by atoms with E-state index in [9.17, 15) is 0 Å². The van der Waals surface area contributed by atoms with Crippen LogP contribution in [-0.4, -0.2) is 19.3 Å². The van der Waals surface area contributed by atoms with Crippen LogP contribution in [0.1, 0.15) is 24.9 Å². The Hall–Kier alpha value is -2.27. The quantitative estimate of drug-likeness (QED) is 0.779. The molecule has 0 saturated heterocycles. The van der Waals surface area contributed by atoms with E-state index < -0.39 is 0 Å². The van der Waals surface area contributed by atoms with Crippen molar-refractivity contribution >= 4 is 23.0 Å². The highest BCUT2D eigenvalue weighted by Gasteiger charge is 2.11. The highest BCUT2D eigenvalue weighted by molar-refractivity contribution is 7.80. The highest BCUT2D eigenvalue weighted by atomic mass is 32.1. The summed E-state index contributed by atoms with van der Waals surface area (Å²) in [7, 11) is 3.31. The lowest BCUT2D eigenvalue weighted by Gasteiger charge is -2.20. The molecule has 122 valence electrons. The lowest BCUT2D eigenvalue weighted by Crippen LogP contribution is -2.32. The van der Waals surface area contributed by atoms with Crippen LogP contribution in [0.5, 0.6) is 11.5 Å². The third-order valence-corrected chi connectivity index (χ3v) is 3.80. The van der Waals surface area contributed by atoms with Crippen molar-refractivity contribution < 1.29 is 9.47 Å². The molecule has 5 heteroatoms. The molecule has 2 aromatic rings. The summed E-state index contributed by atoms with van der Waals surface area (Å²) in [6, 6.07) is 15.8. The highest BCUT2D eigenvalue weighted by Crippen LogP contribution is 2.20. The first-order valence-electron chi connectivity index (χ1n) is 7.51. The first-order chi connectivity index (χ1) is 11.2. The molecular formula is C18H22N2O2S. The predicted octanol–water partition coefficient (Wildman–Crippen LogP) is 4.14. The molecule has 4 nitrogen and oxygen atoms in total. The number of methoxy groups -OCH3 is 2. The summed E-state index contributed by atoms with van der Waals surface area (Å²) >= 11 is 5.41. The maximum absolute atomic E-state index is 5.41. The van der Waals surface area contributed by atoms with Gasteiger partial charge >= 0.3 is 0 Å². The van der Waals surface area contributed by atoms with Crippen molar-refractivity contribution in [1.82, 2.24) is 5.32 Å². The van der Waals surface area contributed by atoms with E-state index in [4.69, 9.17) is 21.7 Å². The molecule has 0 saturated carbocycles. The number of hydrogen-bond acceptors (Lipinski definition) is 3. The van der Waals surface area contributed by atoms with E-state index in [0.29, 0.717) is 5.11 Å². The fraction of sp³-hybridized carbons (Fsp3) is 0.278. The van der Waals surface area contributed by atoms with E-state index in [2.05, 4.69) is 29.7 Å². The molecule has 0 aliphatic carbocycles. The summed E-state index contributed by atoms with van der Waals surface area (Å²) in [5, 5.41) is 7.13. The zero-order valence-corrected chi connectivity index (χ0v) is 14.4. The van der Waals surface area contributed by atoms with Crippen molar-refractivity contribution in [2.24, 2.45) is 0 Å². The Morgan fingerprint density at radius 2 is 1.48 bits per heavy atom. The molecule has 0 amide bonds. The molecule has 2 rings (SSSR count). The van der Waals surface area contributed by atoms with Crippen molar-refractivity contribution in [1.29, 1.82) is 0 Å². The zero-order chi connectivity index (χ0) is 16.7.